The fourth-order valence-corrected chi connectivity index (χ4v) is 2.59. The summed E-state index contributed by atoms with van der Waals surface area (Å²) >= 11 is 6.19. The number of halogens is 1. The van der Waals surface area contributed by atoms with Crippen molar-refractivity contribution in [3.8, 4) is 11.3 Å². The van der Waals surface area contributed by atoms with Crippen LogP contribution in [0.4, 0.5) is 0 Å². The minimum atomic E-state index is -1.11. The van der Waals surface area contributed by atoms with Gasteiger partial charge in [-0.2, -0.15) is 0 Å². The molecule has 0 amide bonds. The van der Waals surface area contributed by atoms with Crippen LogP contribution in [0.3, 0.4) is 0 Å². The number of fused-ring (bicyclic) bond motifs is 1. The Labute approximate surface area is 130 Å². The number of aromatic nitrogens is 2. The van der Waals surface area contributed by atoms with E-state index in [2.05, 4.69) is 4.98 Å². The summed E-state index contributed by atoms with van der Waals surface area (Å²) in [7, 11) is 0. The number of hydrogen-bond acceptors (Lipinski definition) is 3. The lowest BCUT2D eigenvalue weighted by atomic mass is 10.1. The molecule has 2 heterocycles. The maximum Gasteiger partial charge on any atom is 0.323 e. The summed E-state index contributed by atoms with van der Waals surface area (Å²) in [5.41, 5.74) is 0.849. The molecule has 0 aliphatic rings. The third-order valence-corrected chi connectivity index (χ3v) is 3.64. The largest absolute Gasteiger partial charge is 0.480 e. The molecule has 0 aliphatic heterocycles. The van der Waals surface area contributed by atoms with E-state index in [-0.39, 0.29) is 5.52 Å². The van der Waals surface area contributed by atoms with Gasteiger partial charge in [0.2, 0.25) is 0 Å². The van der Waals surface area contributed by atoms with Gasteiger partial charge in [0, 0.05) is 22.2 Å². The Morgan fingerprint density at radius 2 is 2.00 bits per heavy atom. The van der Waals surface area contributed by atoms with E-state index >= 15 is 0 Å². The summed E-state index contributed by atoms with van der Waals surface area (Å²) in [4.78, 5) is 27.7. The molecule has 0 atom stereocenters. The lowest BCUT2D eigenvalue weighted by Crippen LogP contribution is -2.26. The van der Waals surface area contributed by atoms with Crippen LogP contribution in [0.15, 0.2) is 53.5 Å². The molecule has 0 saturated heterocycles. The van der Waals surface area contributed by atoms with Gasteiger partial charge in [-0.15, -0.1) is 0 Å². The quantitative estimate of drug-likeness (QED) is 0.807. The summed E-state index contributed by atoms with van der Waals surface area (Å²) < 4.78 is 1.18. The molecule has 0 fully saturated rings. The number of aliphatic carboxylic acids is 1. The van der Waals surface area contributed by atoms with Gasteiger partial charge in [0.25, 0.3) is 5.56 Å². The standard InChI is InChI=1S/C16H11ClN2O3/c17-12-6-2-1-5-11(12)13-8-10-4-3-7-18-15(10)16(22)19(13)9-14(20)21/h1-8H,9H2,(H,20,21). The number of carboxylic acids is 1. The first kappa shape index (κ1) is 14.3. The molecule has 0 spiro atoms. The second kappa shape index (κ2) is 5.61. The minimum absolute atomic E-state index is 0.236. The van der Waals surface area contributed by atoms with Crippen molar-refractivity contribution in [2.75, 3.05) is 0 Å². The van der Waals surface area contributed by atoms with Gasteiger partial charge in [0.15, 0.2) is 0 Å². The summed E-state index contributed by atoms with van der Waals surface area (Å²) in [5.74, 6) is -1.11. The zero-order valence-corrected chi connectivity index (χ0v) is 12.1. The zero-order valence-electron chi connectivity index (χ0n) is 11.4. The second-order valence-corrected chi connectivity index (χ2v) is 5.14. The molecule has 0 saturated carbocycles. The maximum absolute atomic E-state index is 12.6. The Morgan fingerprint density at radius 1 is 1.23 bits per heavy atom. The molecule has 0 aliphatic carbocycles. The van der Waals surface area contributed by atoms with Crippen LogP contribution >= 0.6 is 11.6 Å². The highest BCUT2D eigenvalue weighted by Gasteiger charge is 2.15. The molecule has 0 bridgehead atoms. The van der Waals surface area contributed by atoms with E-state index in [9.17, 15) is 9.59 Å². The molecule has 2 aromatic heterocycles. The third-order valence-electron chi connectivity index (χ3n) is 3.31. The Morgan fingerprint density at radius 3 is 2.73 bits per heavy atom. The highest BCUT2D eigenvalue weighted by atomic mass is 35.5. The number of benzene rings is 1. The monoisotopic (exact) mass is 314 g/mol. The van der Waals surface area contributed by atoms with Gasteiger partial charge >= 0.3 is 5.97 Å². The van der Waals surface area contributed by atoms with E-state index in [1.54, 1.807) is 42.5 Å². The Balaban J connectivity index is 2.39. The van der Waals surface area contributed by atoms with Crippen LogP contribution in [0.2, 0.25) is 5.02 Å². The van der Waals surface area contributed by atoms with Crippen LogP contribution in [-0.2, 0) is 11.3 Å². The smallest absolute Gasteiger partial charge is 0.323 e. The molecule has 3 rings (SSSR count). The molecule has 1 N–H and O–H groups in total. The second-order valence-electron chi connectivity index (χ2n) is 4.74. The van der Waals surface area contributed by atoms with Crippen LogP contribution in [0.5, 0.6) is 0 Å². The molecule has 0 unspecified atom stereocenters. The summed E-state index contributed by atoms with van der Waals surface area (Å²) in [6.45, 7) is -0.452. The van der Waals surface area contributed by atoms with E-state index in [1.807, 2.05) is 0 Å². The highest BCUT2D eigenvalue weighted by Crippen LogP contribution is 2.28. The normalized spacial score (nSPS) is 10.8. The van der Waals surface area contributed by atoms with Crippen molar-refractivity contribution in [3.05, 3.63) is 64.0 Å². The average Bonchev–Trinajstić information content (AvgIpc) is 2.50. The van der Waals surface area contributed by atoms with Crippen molar-refractivity contribution in [1.29, 1.82) is 0 Å². The van der Waals surface area contributed by atoms with Crippen molar-refractivity contribution in [2.45, 2.75) is 6.54 Å². The molecule has 1 aromatic carbocycles. The van der Waals surface area contributed by atoms with E-state index in [0.29, 0.717) is 21.7 Å². The Kier molecular flexibility index (Phi) is 3.65. The van der Waals surface area contributed by atoms with Crippen LogP contribution in [0, 0.1) is 0 Å². The number of rotatable bonds is 3. The van der Waals surface area contributed by atoms with Crippen molar-refractivity contribution in [2.24, 2.45) is 0 Å². The van der Waals surface area contributed by atoms with Crippen LogP contribution < -0.4 is 5.56 Å². The fourth-order valence-electron chi connectivity index (χ4n) is 2.36. The molecular formula is C16H11ClN2O3. The molecule has 22 heavy (non-hydrogen) atoms. The number of nitrogens with zero attached hydrogens (tertiary/aromatic N) is 2. The summed E-state index contributed by atoms with van der Waals surface area (Å²) in [6, 6.07) is 12.2. The van der Waals surface area contributed by atoms with E-state index in [0.717, 1.165) is 0 Å². The molecule has 110 valence electrons. The fraction of sp³-hybridized carbons (Fsp3) is 0.0625. The summed E-state index contributed by atoms with van der Waals surface area (Å²) in [6.07, 6.45) is 1.50. The number of carbonyl (C=O) groups is 1. The Bertz CT molecular complexity index is 934. The van der Waals surface area contributed by atoms with E-state index in [1.165, 1.54) is 10.8 Å². The van der Waals surface area contributed by atoms with Gasteiger partial charge in [-0.05, 0) is 18.2 Å². The lowest BCUT2D eigenvalue weighted by Gasteiger charge is -2.13. The first-order valence-corrected chi connectivity index (χ1v) is 6.91. The molecule has 0 radical (unpaired) electrons. The van der Waals surface area contributed by atoms with Gasteiger partial charge in [0.05, 0.1) is 5.69 Å². The van der Waals surface area contributed by atoms with Crippen LogP contribution in [0.25, 0.3) is 22.2 Å². The van der Waals surface area contributed by atoms with Crippen LogP contribution in [-0.4, -0.2) is 20.6 Å². The number of carboxylic acid groups (broad SMARTS) is 1. The van der Waals surface area contributed by atoms with Gasteiger partial charge in [-0.25, -0.2) is 0 Å². The van der Waals surface area contributed by atoms with Gasteiger partial charge in [0.1, 0.15) is 12.1 Å². The minimum Gasteiger partial charge on any atom is -0.480 e. The van der Waals surface area contributed by atoms with Crippen LogP contribution in [0.1, 0.15) is 0 Å². The number of pyridine rings is 2. The number of hydrogen-bond donors (Lipinski definition) is 1. The van der Waals surface area contributed by atoms with Crippen molar-refractivity contribution < 1.29 is 9.90 Å². The van der Waals surface area contributed by atoms with E-state index < -0.39 is 18.1 Å². The Hall–Kier alpha value is -2.66. The molecular weight excluding hydrogens is 304 g/mol. The lowest BCUT2D eigenvalue weighted by molar-refractivity contribution is -0.137. The van der Waals surface area contributed by atoms with Crippen molar-refractivity contribution >= 4 is 28.5 Å². The molecule has 5 nitrogen and oxygen atoms in total. The first-order chi connectivity index (χ1) is 10.6. The predicted molar refractivity (Wildman–Crippen MR) is 84.1 cm³/mol. The van der Waals surface area contributed by atoms with Crippen molar-refractivity contribution in [1.82, 2.24) is 9.55 Å². The van der Waals surface area contributed by atoms with Gasteiger partial charge < -0.3 is 5.11 Å². The highest BCUT2D eigenvalue weighted by molar-refractivity contribution is 6.33. The van der Waals surface area contributed by atoms with Gasteiger partial charge in [-0.3, -0.25) is 19.1 Å². The van der Waals surface area contributed by atoms with Gasteiger partial charge in [-0.1, -0.05) is 35.9 Å². The topological polar surface area (TPSA) is 72.2 Å². The maximum atomic E-state index is 12.6. The first-order valence-electron chi connectivity index (χ1n) is 6.53. The van der Waals surface area contributed by atoms with E-state index in [4.69, 9.17) is 16.7 Å². The zero-order chi connectivity index (χ0) is 15.7. The molecule has 3 aromatic rings. The third kappa shape index (κ3) is 2.46. The molecule has 6 heteroatoms. The average molecular weight is 315 g/mol. The summed E-state index contributed by atoms with van der Waals surface area (Å²) in [5, 5.41) is 10.2. The predicted octanol–water partition coefficient (Wildman–Crippen LogP) is 2.80. The van der Waals surface area contributed by atoms with Crippen molar-refractivity contribution in [3.63, 3.8) is 0 Å². The SMILES string of the molecule is O=C(O)Cn1c(-c2ccccc2Cl)cc2cccnc2c1=O.